The molecule has 0 N–H and O–H groups in total. The summed E-state index contributed by atoms with van der Waals surface area (Å²) in [5, 5.41) is 0. The predicted octanol–water partition coefficient (Wildman–Crippen LogP) is 1.85. The van der Waals surface area contributed by atoms with Crippen LogP contribution in [0.3, 0.4) is 0 Å². The van der Waals surface area contributed by atoms with Crippen LogP contribution in [0.4, 0.5) is 0 Å². The van der Waals surface area contributed by atoms with Gasteiger partial charge >= 0.3 is 5.97 Å². The first-order valence-corrected chi connectivity index (χ1v) is 5.36. The zero-order valence-electron chi connectivity index (χ0n) is 8.73. The highest BCUT2D eigenvalue weighted by atomic mass is 35.5. The lowest BCUT2D eigenvalue weighted by atomic mass is 10.2. The van der Waals surface area contributed by atoms with Crippen molar-refractivity contribution in [1.29, 1.82) is 0 Å². The molecule has 0 saturated carbocycles. The molecular weight excluding hydrogens is 232 g/mol. The summed E-state index contributed by atoms with van der Waals surface area (Å²) in [7, 11) is 1.34. The molecule has 16 heavy (non-hydrogen) atoms. The molecule has 0 fully saturated rings. The molecule has 2 rings (SSSR count). The maximum absolute atomic E-state index is 11.3. The first-order valence-electron chi connectivity index (χ1n) is 4.82. The number of esters is 1. The van der Waals surface area contributed by atoms with Crippen LogP contribution in [0, 0.1) is 0 Å². The van der Waals surface area contributed by atoms with Gasteiger partial charge in [-0.2, -0.15) is 0 Å². The van der Waals surface area contributed by atoms with Gasteiger partial charge in [-0.25, -0.2) is 4.79 Å². The van der Waals surface area contributed by atoms with Gasteiger partial charge in [0.15, 0.2) is 11.5 Å². The normalized spacial score (nSPS) is 18.0. The van der Waals surface area contributed by atoms with E-state index in [-0.39, 0.29) is 6.10 Å². The Labute approximate surface area is 98.1 Å². The molecule has 5 heteroatoms. The summed E-state index contributed by atoms with van der Waals surface area (Å²) in [6.45, 7) is 0.390. The minimum atomic E-state index is -0.397. The zero-order valence-corrected chi connectivity index (χ0v) is 9.49. The van der Waals surface area contributed by atoms with Gasteiger partial charge in [-0.05, 0) is 18.2 Å². The number of hydrogen-bond donors (Lipinski definition) is 0. The number of rotatable bonds is 2. The highest BCUT2D eigenvalue weighted by Crippen LogP contribution is 2.32. The van der Waals surface area contributed by atoms with E-state index >= 15 is 0 Å². The molecule has 1 aromatic rings. The molecule has 0 aromatic heterocycles. The average Bonchev–Trinajstić information content (AvgIpc) is 2.36. The summed E-state index contributed by atoms with van der Waals surface area (Å²) in [6.07, 6.45) is -0.141. The second kappa shape index (κ2) is 4.61. The van der Waals surface area contributed by atoms with Crippen LogP contribution in [0.5, 0.6) is 11.5 Å². The minimum absolute atomic E-state index is 0.141. The lowest BCUT2D eigenvalue weighted by Crippen LogP contribution is -2.30. The lowest BCUT2D eigenvalue weighted by Gasteiger charge is -2.25. The van der Waals surface area contributed by atoms with Gasteiger partial charge in [-0.1, -0.05) is 0 Å². The van der Waals surface area contributed by atoms with Crippen LogP contribution >= 0.6 is 11.6 Å². The molecule has 0 bridgehead atoms. The summed E-state index contributed by atoms with van der Waals surface area (Å²) in [5.41, 5.74) is 0.439. The number of carbonyl (C=O) groups excluding carboxylic acids is 1. The smallest absolute Gasteiger partial charge is 0.337 e. The van der Waals surface area contributed by atoms with E-state index in [4.69, 9.17) is 21.1 Å². The van der Waals surface area contributed by atoms with Gasteiger partial charge in [0.2, 0.25) is 0 Å². The summed E-state index contributed by atoms with van der Waals surface area (Å²) in [4.78, 5) is 11.3. The van der Waals surface area contributed by atoms with Crippen molar-refractivity contribution >= 4 is 17.6 Å². The largest absolute Gasteiger partial charge is 0.486 e. The van der Waals surface area contributed by atoms with Crippen molar-refractivity contribution in [3.05, 3.63) is 23.8 Å². The van der Waals surface area contributed by atoms with Gasteiger partial charge in [-0.3, -0.25) is 0 Å². The van der Waals surface area contributed by atoms with E-state index in [1.165, 1.54) is 7.11 Å². The van der Waals surface area contributed by atoms with Crippen LogP contribution in [-0.2, 0) is 4.74 Å². The van der Waals surface area contributed by atoms with E-state index in [2.05, 4.69) is 4.74 Å². The monoisotopic (exact) mass is 242 g/mol. The highest BCUT2D eigenvalue weighted by molar-refractivity contribution is 6.18. The Bertz CT molecular complexity index is 405. The summed E-state index contributed by atoms with van der Waals surface area (Å²) >= 11 is 5.67. The number of ether oxygens (including phenoxy) is 3. The fraction of sp³-hybridized carbons (Fsp3) is 0.364. The fourth-order valence-corrected chi connectivity index (χ4v) is 1.59. The highest BCUT2D eigenvalue weighted by Gasteiger charge is 2.21. The Morgan fingerprint density at radius 2 is 2.38 bits per heavy atom. The number of halogens is 1. The van der Waals surface area contributed by atoms with Crippen molar-refractivity contribution < 1.29 is 19.0 Å². The van der Waals surface area contributed by atoms with E-state index < -0.39 is 5.97 Å². The average molecular weight is 243 g/mol. The van der Waals surface area contributed by atoms with E-state index in [1.54, 1.807) is 18.2 Å². The summed E-state index contributed by atoms with van der Waals surface area (Å²) < 4.78 is 15.6. The maximum atomic E-state index is 11.3. The van der Waals surface area contributed by atoms with Gasteiger partial charge < -0.3 is 14.2 Å². The number of fused-ring (bicyclic) bond motifs is 1. The van der Waals surface area contributed by atoms with Crippen molar-refractivity contribution in [2.24, 2.45) is 0 Å². The van der Waals surface area contributed by atoms with E-state index in [0.29, 0.717) is 29.5 Å². The van der Waals surface area contributed by atoms with E-state index in [1.807, 2.05) is 0 Å². The van der Waals surface area contributed by atoms with Crippen LogP contribution in [0.2, 0.25) is 0 Å². The third kappa shape index (κ3) is 2.07. The molecular formula is C11H11ClO4. The Hall–Kier alpha value is -1.42. The van der Waals surface area contributed by atoms with E-state index in [9.17, 15) is 4.79 Å². The topological polar surface area (TPSA) is 44.8 Å². The molecule has 0 amide bonds. The number of hydrogen-bond acceptors (Lipinski definition) is 4. The number of carbonyl (C=O) groups is 1. The van der Waals surface area contributed by atoms with Crippen molar-refractivity contribution in [2.45, 2.75) is 6.10 Å². The molecule has 1 aliphatic heterocycles. The fourth-order valence-electron chi connectivity index (χ4n) is 1.44. The van der Waals surface area contributed by atoms with Gasteiger partial charge in [0.25, 0.3) is 0 Å². The van der Waals surface area contributed by atoms with Gasteiger partial charge in [0, 0.05) is 0 Å². The van der Waals surface area contributed by atoms with Crippen molar-refractivity contribution in [3.63, 3.8) is 0 Å². The standard InChI is InChI=1S/C11H11ClO4/c1-14-11(13)7-2-3-9-10(4-7)15-6-8(5-12)16-9/h2-4,8H,5-6H2,1H3. The quantitative estimate of drug-likeness (QED) is 0.587. The van der Waals surface area contributed by atoms with Crippen LogP contribution in [-0.4, -0.2) is 31.7 Å². The molecule has 0 spiro atoms. The third-order valence-corrected chi connectivity index (χ3v) is 2.60. The molecule has 0 saturated heterocycles. The van der Waals surface area contributed by atoms with E-state index in [0.717, 1.165) is 0 Å². The molecule has 4 nitrogen and oxygen atoms in total. The lowest BCUT2D eigenvalue weighted by molar-refractivity contribution is 0.0598. The van der Waals surface area contributed by atoms with Crippen molar-refractivity contribution in [3.8, 4) is 11.5 Å². The van der Waals surface area contributed by atoms with Crippen LogP contribution in [0.15, 0.2) is 18.2 Å². The maximum Gasteiger partial charge on any atom is 0.337 e. The first-order chi connectivity index (χ1) is 7.74. The van der Waals surface area contributed by atoms with Gasteiger partial charge in [0.1, 0.15) is 12.7 Å². The number of benzene rings is 1. The number of methoxy groups -OCH3 is 1. The SMILES string of the molecule is COC(=O)c1ccc2c(c1)OCC(CCl)O2. The molecule has 1 aromatic carbocycles. The molecule has 1 unspecified atom stereocenters. The molecule has 1 atom stereocenters. The van der Waals surface area contributed by atoms with Crippen LogP contribution in [0.25, 0.3) is 0 Å². The molecule has 1 heterocycles. The molecule has 0 aliphatic carbocycles. The van der Waals surface area contributed by atoms with Crippen LogP contribution < -0.4 is 9.47 Å². The van der Waals surface area contributed by atoms with Gasteiger partial charge in [-0.15, -0.1) is 11.6 Å². The van der Waals surface area contributed by atoms with Crippen molar-refractivity contribution in [2.75, 3.05) is 19.6 Å². The first kappa shape index (κ1) is 11.1. The zero-order chi connectivity index (χ0) is 11.5. The molecule has 86 valence electrons. The predicted molar refractivity (Wildman–Crippen MR) is 58.4 cm³/mol. The Kier molecular flexibility index (Phi) is 3.19. The molecule has 0 radical (unpaired) electrons. The van der Waals surface area contributed by atoms with Crippen molar-refractivity contribution in [1.82, 2.24) is 0 Å². The van der Waals surface area contributed by atoms with Crippen LogP contribution in [0.1, 0.15) is 10.4 Å². The second-order valence-corrected chi connectivity index (χ2v) is 3.67. The summed E-state index contributed by atoms with van der Waals surface area (Å²) in [5.74, 6) is 1.12. The third-order valence-electron chi connectivity index (χ3n) is 2.26. The Morgan fingerprint density at radius 3 is 3.06 bits per heavy atom. The summed E-state index contributed by atoms with van der Waals surface area (Å²) in [6, 6.07) is 4.91. The second-order valence-electron chi connectivity index (χ2n) is 3.36. The Morgan fingerprint density at radius 1 is 1.56 bits per heavy atom. The minimum Gasteiger partial charge on any atom is -0.486 e. The number of alkyl halides is 1. The Balaban J connectivity index is 2.24. The van der Waals surface area contributed by atoms with Gasteiger partial charge in [0.05, 0.1) is 18.6 Å². The molecule has 1 aliphatic rings.